The van der Waals surface area contributed by atoms with Crippen LogP contribution in [0.4, 0.5) is 5.69 Å². The van der Waals surface area contributed by atoms with Crippen molar-refractivity contribution in [1.82, 2.24) is 5.32 Å². The first-order valence-electron chi connectivity index (χ1n) is 9.27. The Labute approximate surface area is 146 Å². The maximum Gasteiger partial charge on any atom is 0.225 e. The summed E-state index contributed by atoms with van der Waals surface area (Å²) in [6.07, 6.45) is 5.02. The molecule has 0 heterocycles. The number of para-hydroxylation sites is 1. The fraction of sp³-hybridized carbons (Fsp3) is 0.650. The van der Waals surface area contributed by atoms with Crippen LogP contribution in [0.25, 0.3) is 0 Å². The molecular formula is C20H32N2O2. The van der Waals surface area contributed by atoms with Crippen LogP contribution >= 0.6 is 0 Å². The van der Waals surface area contributed by atoms with Crippen molar-refractivity contribution in [3.8, 4) is 0 Å². The van der Waals surface area contributed by atoms with E-state index in [0.717, 1.165) is 18.5 Å². The minimum Gasteiger partial charge on any atom is -0.396 e. The Morgan fingerprint density at radius 3 is 2.62 bits per heavy atom. The highest BCUT2D eigenvalue weighted by molar-refractivity contribution is 5.92. The number of rotatable bonds is 7. The second-order valence-electron chi connectivity index (χ2n) is 7.40. The first-order chi connectivity index (χ1) is 11.5. The van der Waals surface area contributed by atoms with Gasteiger partial charge in [0.25, 0.3) is 0 Å². The monoisotopic (exact) mass is 332 g/mol. The summed E-state index contributed by atoms with van der Waals surface area (Å²) in [7, 11) is 0. The van der Waals surface area contributed by atoms with Crippen LogP contribution in [0.3, 0.4) is 0 Å². The molecule has 0 bridgehead atoms. The van der Waals surface area contributed by atoms with E-state index in [1.165, 1.54) is 18.4 Å². The van der Waals surface area contributed by atoms with E-state index in [9.17, 15) is 9.90 Å². The second kappa shape index (κ2) is 9.19. The molecule has 0 spiro atoms. The summed E-state index contributed by atoms with van der Waals surface area (Å²) < 4.78 is 0. The molecule has 0 aliphatic heterocycles. The number of anilines is 1. The van der Waals surface area contributed by atoms with Gasteiger partial charge < -0.3 is 15.7 Å². The molecule has 1 saturated carbocycles. The predicted octanol–water partition coefficient (Wildman–Crippen LogP) is 3.67. The molecule has 1 aliphatic rings. The van der Waals surface area contributed by atoms with Crippen LogP contribution in [0.5, 0.6) is 0 Å². The van der Waals surface area contributed by atoms with E-state index in [2.05, 4.69) is 37.5 Å². The van der Waals surface area contributed by atoms with E-state index in [4.69, 9.17) is 0 Å². The van der Waals surface area contributed by atoms with Crippen LogP contribution in [-0.2, 0) is 4.79 Å². The third-order valence-electron chi connectivity index (χ3n) is 4.99. The summed E-state index contributed by atoms with van der Waals surface area (Å²) in [6, 6.07) is 8.43. The van der Waals surface area contributed by atoms with Crippen LogP contribution < -0.4 is 10.6 Å². The molecule has 1 aromatic rings. The lowest BCUT2D eigenvalue weighted by Gasteiger charge is -2.33. The lowest BCUT2D eigenvalue weighted by Crippen LogP contribution is -2.45. The number of carbonyl (C=O) groups is 1. The molecule has 0 radical (unpaired) electrons. The SMILES string of the molecule is CC(CC(=O)Nc1ccccc1C(C)C)NC1CCCCC1CO. The Bertz CT molecular complexity index is 530. The molecule has 2 rings (SSSR count). The van der Waals surface area contributed by atoms with E-state index < -0.39 is 0 Å². The number of nitrogens with one attached hydrogen (secondary N) is 2. The molecule has 3 atom stereocenters. The average molecular weight is 332 g/mol. The maximum absolute atomic E-state index is 12.4. The average Bonchev–Trinajstić information content (AvgIpc) is 2.55. The number of carbonyl (C=O) groups excluding carboxylic acids is 1. The van der Waals surface area contributed by atoms with Crippen LogP contribution in [0, 0.1) is 5.92 Å². The zero-order valence-electron chi connectivity index (χ0n) is 15.2. The van der Waals surface area contributed by atoms with Gasteiger partial charge in [-0.15, -0.1) is 0 Å². The Hall–Kier alpha value is -1.39. The predicted molar refractivity (Wildman–Crippen MR) is 99.2 cm³/mol. The standard InChI is InChI=1S/C20H32N2O2/c1-14(2)17-9-5-7-11-19(17)22-20(24)12-15(3)21-18-10-6-4-8-16(18)13-23/h5,7,9,11,14-16,18,21,23H,4,6,8,10,12-13H2,1-3H3,(H,22,24). The molecular weight excluding hydrogens is 300 g/mol. The van der Waals surface area contributed by atoms with Crippen molar-refractivity contribution >= 4 is 11.6 Å². The first kappa shape index (κ1) is 18.9. The number of hydrogen-bond donors (Lipinski definition) is 3. The molecule has 24 heavy (non-hydrogen) atoms. The van der Waals surface area contributed by atoms with E-state index in [0.29, 0.717) is 24.3 Å². The normalized spacial score (nSPS) is 22.4. The Kier molecular flexibility index (Phi) is 7.25. The molecule has 1 aromatic carbocycles. The zero-order chi connectivity index (χ0) is 17.5. The van der Waals surface area contributed by atoms with Crippen LogP contribution in [0.15, 0.2) is 24.3 Å². The Morgan fingerprint density at radius 2 is 1.92 bits per heavy atom. The van der Waals surface area contributed by atoms with Crippen LogP contribution in [-0.4, -0.2) is 29.7 Å². The summed E-state index contributed by atoms with van der Waals surface area (Å²) in [6.45, 7) is 6.55. The topological polar surface area (TPSA) is 61.4 Å². The van der Waals surface area contributed by atoms with E-state index in [1.54, 1.807) is 0 Å². The summed E-state index contributed by atoms with van der Waals surface area (Å²) in [5.41, 5.74) is 2.08. The molecule has 0 saturated heterocycles. The highest BCUT2D eigenvalue weighted by Gasteiger charge is 2.26. The van der Waals surface area contributed by atoms with Gasteiger partial charge in [0.2, 0.25) is 5.91 Å². The van der Waals surface area contributed by atoms with E-state index in [-0.39, 0.29) is 18.6 Å². The summed E-state index contributed by atoms with van der Waals surface area (Å²) in [5, 5.41) is 16.1. The maximum atomic E-state index is 12.4. The lowest BCUT2D eigenvalue weighted by molar-refractivity contribution is -0.116. The summed E-state index contributed by atoms with van der Waals surface area (Å²) >= 11 is 0. The summed E-state index contributed by atoms with van der Waals surface area (Å²) in [5.74, 6) is 0.745. The van der Waals surface area contributed by atoms with Crippen molar-refractivity contribution in [2.75, 3.05) is 11.9 Å². The van der Waals surface area contributed by atoms with Crippen molar-refractivity contribution < 1.29 is 9.90 Å². The number of aliphatic hydroxyl groups is 1. The number of hydrogen-bond acceptors (Lipinski definition) is 3. The van der Waals surface area contributed by atoms with Crippen LogP contribution in [0.1, 0.15) is 64.4 Å². The van der Waals surface area contributed by atoms with Crippen molar-refractivity contribution in [3.63, 3.8) is 0 Å². The van der Waals surface area contributed by atoms with E-state index >= 15 is 0 Å². The van der Waals surface area contributed by atoms with Gasteiger partial charge >= 0.3 is 0 Å². The summed E-state index contributed by atoms with van der Waals surface area (Å²) in [4.78, 5) is 12.4. The molecule has 4 heteroatoms. The Morgan fingerprint density at radius 1 is 1.21 bits per heavy atom. The first-order valence-corrected chi connectivity index (χ1v) is 9.27. The largest absolute Gasteiger partial charge is 0.396 e. The molecule has 0 aromatic heterocycles. The molecule has 3 N–H and O–H groups in total. The van der Waals surface area contributed by atoms with Crippen LogP contribution in [0.2, 0.25) is 0 Å². The van der Waals surface area contributed by atoms with E-state index in [1.807, 2.05) is 18.2 Å². The second-order valence-corrected chi connectivity index (χ2v) is 7.40. The number of aliphatic hydroxyl groups excluding tert-OH is 1. The quantitative estimate of drug-likeness (QED) is 0.714. The van der Waals surface area contributed by atoms with Crippen molar-refractivity contribution in [3.05, 3.63) is 29.8 Å². The number of benzene rings is 1. The van der Waals surface area contributed by atoms with Gasteiger partial charge in [0, 0.05) is 30.8 Å². The van der Waals surface area contributed by atoms with Gasteiger partial charge in [0.15, 0.2) is 0 Å². The molecule has 1 aliphatic carbocycles. The highest BCUT2D eigenvalue weighted by Crippen LogP contribution is 2.25. The molecule has 1 fully saturated rings. The minimum absolute atomic E-state index is 0.0412. The third kappa shape index (κ3) is 5.32. The van der Waals surface area contributed by atoms with Gasteiger partial charge in [-0.2, -0.15) is 0 Å². The van der Waals surface area contributed by atoms with Gasteiger partial charge in [0.05, 0.1) is 0 Å². The number of amides is 1. The van der Waals surface area contributed by atoms with Gasteiger partial charge in [0.1, 0.15) is 0 Å². The van der Waals surface area contributed by atoms with Crippen molar-refractivity contribution in [2.24, 2.45) is 5.92 Å². The smallest absolute Gasteiger partial charge is 0.225 e. The van der Waals surface area contributed by atoms with Gasteiger partial charge in [-0.3, -0.25) is 4.79 Å². The molecule has 1 amide bonds. The third-order valence-corrected chi connectivity index (χ3v) is 4.99. The lowest BCUT2D eigenvalue weighted by atomic mass is 9.84. The fourth-order valence-electron chi connectivity index (χ4n) is 3.66. The highest BCUT2D eigenvalue weighted by atomic mass is 16.3. The van der Waals surface area contributed by atoms with Gasteiger partial charge in [-0.25, -0.2) is 0 Å². The molecule has 3 unspecified atom stereocenters. The van der Waals surface area contributed by atoms with Gasteiger partial charge in [-0.1, -0.05) is 44.9 Å². The van der Waals surface area contributed by atoms with Crippen molar-refractivity contribution in [1.29, 1.82) is 0 Å². The molecule has 134 valence electrons. The fourth-order valence-corrected chi connectivity index (χ4v) is 3.66. The zero-order valence-corrected chi connectivity index (χ0v) is 15.2. The van der Waals surface area contributed by atoms with Gasteiger partial charge in [-0.05, 0) is 43.2 Å². The minimum atomic E-state index is 0.0412. The Balaban J connectivity index is 1.88. The molecule has 4 nitrogen and oxygen atoms in total. The van der Waals surface area contributed by atoms with Crippen molar-refractivity contribution in [2.45, 2.75) is 70.9 Å².